The molecule has 0 N–H and O–H groups in total. The number of Topliss-reactive ketones (excluding diaryl/α,β-unsaturated/α-hetero) is 1. The predicted molar refractivity (Wildman–Crippen MR) is 85.1 cm³/mol. The normalized spacial score (nSPS) is 10.9. The van der Waals surface area contributed by atoms with Crippen molar-refractivity contribution in [2.45, 2.75) is 33.6 Å². The zero-order chi connectivity index (χ0) is 14.9. The van der Waals surface area contributed by atoms with Gasteiger partial charge in [0.05, 0.1) is 12.0 Å². The molecule has 2 nitrogen and oxygen atoms in total. The Morgan fingerprint density at radius 1 is 1.25 bits per heavy atom. The Labute approximate surface area is 124 Å². The van der Waals surface area contributed by atoms with Crippen LogP contribution in [0.4, 0.5) is 0 Å². The van der Waals surface area contributed by atoms with Gasteiger partial charge in [-0.25, -0.2) is 0 Å². The van der Waals surface area contributed by atoms with Gasteiger partial charge in [-0.1, -0.05) is 13.8 Å². The first kappa shape index (κ1) is 14.8. The standard InChI is InChI=1S/C17H20O2S/c1-10(2)13-9-14(11(3)8-15(13)19-5)17-7-6-16(20-17)12(4)18/h6-10H,1-5H3. The minimum absolute atomic E-state index is 0.122. The van der Waals surface area contributed by atoms with Gasteiger partial charge in [-0.3, -0.25) is 4.79 Å². The van der Waals surface area contributed by atoms with Gasteiger partial charge in [0.15, 0.2) is 5.78 Å². The molecule has 1 aromatic heterocycles. The average molecular weight is 288 g/mol. The molecule has 0 fully saturated rings. The third-order valence-corrected chi connectivity index (χ3v) is 4.64. The molecule has 1 aromatic carbocycles. The average Bonchev–Trinajstić information content (AvgIpc) is 2.87. The van der Waals surface area contributed by atoms with Crippen LogP contribution in [0.1, 0.15) is 47.5 Å². The van der Waals surface area contributed by atoms with Crippen molar-refractivity contribution in [1.29, 1.82) is 0 Å². The van der Waals surface area contributed by atoms with E-state index in [1.807, 2.05) is 12.1 Å². The lowest BCUT2D eigenvalue weighted by molar-refractivity contribution is 0.102. The quantitative estimate of drug-likeness (QED) is 0.735. The van der Waals surface area contributed by atoms with Crippen molar-refractivity contribution in [2.24, 2.45) is 0 Å². The number of ether oxygens (including phenoxy) is 1. The molecular formula is C17H20O2S. The third kappa shape index (κ3) is 2.78. The van der Waals surface area contributed by atoms with E-state index in [-0.39, 0.29) is 5.78 Å². The van der Waals surface area contributed by atoms with Crippen molar-refractivity contribution >= 4 is 17.1 Å². The second-order valence-electron chi connectivity index (χ2n) is 5.28. The Bertz CT molecular complexity index is 638. The molecule has 0 aliphatic carbocycles. The maximum atomic E-state index is 11.4. The molecule has 0 amide bonds. The van der Waals surface area contributed by atoms with Gasteiger partial charge in [-0.2, -0.15) is 0 Å². The summed E-state index contributed by atoms with van der Waals surface area (Å²) in [6.07, 6.45) is 0. The van der Waals surface area contributed by atoms with Crippen LogP contribution < -0.4 is 4.74 Å². The van der Waals surface area contributed by atoms with Gasteiger partial charge < -0.3 is 4.74 Å². The lowest BCUT2D eigenvalue weighted by Crippen LogP contribution is -1.96. The highest BCUT2D eigenvalue weighted by Crippen LogP contribution is 2.37. The Morgan fingerprint density at radius 2 is 1.95 bits per heavy atom. The van der Waals surface area contributed by atoms with Gasteiger partial charge in [0.25, 0.3) is 0 Å². The van der Waals surface area contributed by atoms with Gasteiger partial charge in [-0.05, 0) is 60.7 Å². The van der Waals surface area contributed by atoms with Crippen molar-refractivity contribution in [2.75, 3.05) is 7.11 Å². The molecule has 0 aliphatic rings. The van der Waals surface area contributed by atoms with E-state index in [2.05, 4.69) is 32.9 Å². The van der Waals surface area contributed by atoms with Crippen molar-refractivity contribution in [1.82, 2.24) is 0 Å². The first-order valence-corrected chi connectivity index (χ1v) is 7.55. The smallest absolute Gasteiger partial charge is 0.169 e. The molecule has 106 valence electrons. The van der Waals surface area contributed by atoms with Crippen LogP contribution in [-0.2, 0) is 0 Å². The molecule has 2 aromatic rings. The highest BCUT2D eigenvalue weighted by Gasteiger charge is 2.14. The van der Waals surface area contributed by atoms with Crippen LogP contribution in [0.25, 0.3) is 10.4 Å². The van der Waals surface area contributed by atoms with E-state index in [0.717, 1.165) is 15.5 Å². The maximum absolute atomic E-state index is 11.4. The van der Waals surface area contributed by atoms with E-state index in [1.165, 1.54) is 16.7 Å². The summed E-state index contributed by atoms with van der Waals surface area (Å²) in [5.41, 5.74) is 3.56. The zero-order valence-electron chi connectivity index (χ0n) is 12.6. The Balaban J connectivity index is 2.55. The lowest BCUT2D eigenvalue weighted by atomic mass is 9.96. The molecule has 0 unspecified atom stereocenters. The second kappa shape index (κ2) is 5.80. The Morgan fingerprint density at radius 3 is 2.45 bits per heavy atom. The third-order valence-electron chi connectivity index (χ3n) is 3.42. The summed E-state index contributed by atoms with van der Waals surface area (Å²) in [7, 11) is 1.71. The summed E-state index contributed by atoms with van der Waals surface area (Å²) < 4.78 is 5.47. The molecule has 0 saturated carbocycles. The molecule has 0 saturated heterocycles. The van der Waals surface area contributed by atoms with Crippen molar-refractivity contribution < 1.29 is 9.53 Å². The molecular weight excluding hydrogens is 268 g/mol. The molecule has 0 radical (unpaired) electrons. The van der Waals surface area contributed by atoms with Crippen LogP contribution in [0.15, 0.2) is 24.3 Å². The fourth-order valence-corrected chi connectivity index (χ4v) is 3.25. The summed E-state index contributed by atoms with van der Waals surface area (Å²) in [4.78, 5) is 13.4. The van der Waals surface area contributed by atoms with E-state index in [4.69, 9.17) is 4.74 Å². The van der Waals surface area contributed by atoms with E-state index < -0.39 is 0 Å². The highest BCUT2D eigenvalue weighted by atomic mass is 32.1. The second-order valence-corrected chi connectivity index (χ2v) is 6.37. The molecule has 3 heteroatoms. The summed E-state index contributed by atoms with van der Waals surface area (Å²) in [6, 6.07) is 8.20. The number of methoxy groups -OCH3 is 1. The van der Waals surface area contributed by atoms with Gasteiger partial charge in [0.2, 0.25) is 0 Å². The number of hydrogen-bond acceptors (Lipinski definition) is 3. The first-order chi connectivity index (χ1) is 9.43. The van der Waals surface area contributed by atoms with Crippen LogP contribution in [0.3, 0.4) is 0 Å². The summed E-state index contributed by atoms with van der Waals surface area (Å²) in [5, 5.41) is 0. The van der Waals surface area contributed by atoms with Crippen LogP contribution in [0.5, 0.6) is 5.75 Å². The summed E-state index contributed by atoms with van der Waals surface area (Å²) >= 11 is 1.55. The number of benzene rings is 1. The van der Waals surface area contributed by atoms with Crippen LogP contribution in [0.2, 0.25) is 0 Å². The molecule has 0 aliphatic heterocycles. The first-order valence-electron chi connectivity index (χ1n) is 6.73. The SMILES string of the molecule is COc1cc(C)c(-c2ccc(C(C)=O)s2)cc1C(C)C. The van der Waals surface area contributed by atoms with Gasteiger partial charge in [0, 0.05) is 4.88 Å². The van der Waals surface area contributed by atoms with Crippen LogP contribution in [-0.4, -0.2) is 12.9 Å². The van der Waals surface area contributed by atoms with E-state index in [1.54, 1.807) is 25.4 Å². The number of hydrogen-bond donors (Lipinski definition) is 0. The highest BCUT2D eigenvalue weighted by molar-refractivity contribution is 7.17. The fraction of sp³-hybridized carbons (Fsp3) is 0.353. The summed E-state index contributed by atoms with van der Waals surface area (Å²) in [6.45, 7) is 8.00. The molecule has 20 heavy (non-hydrogen) atoms. The predicted octanol–water partition coefficient (Wildman–Crippen LogP) is 5.06. The number of aryl methyl sites for hydroxylation is 1. The van der Waals surface area contributed by atoms with Crippen molar-refractivity contribution in [3.05, 3.63) is 40.3 Å². The molecule has 0 atom stereocenters. The number of rotatable bonds is 4. The minimum atomic E-state index is 0.122. The monoisotopic (exact) mass is 288 g/mol. The Kier molecular flexibility index (Phi) is 4.29. The van der Waals surface area contributed by atoms with Gasteiger partial charge >= 0.3 is 0 Å². The number of ketones is 1. The number of thiophene rings is 1. The van der Waals surface area contributed by atoms with Crippen LogP contribution >= 0.6 is 11.3 Å². The molecule has 0 spiro atoms. The Hall–Kier alpha value is -1.61. The molecule has 2 rings (SSSR count). The zero-order valence-corrected chi connectivity index (χ0v) is 13.4. The molecule has 0 bridgehead atoms. The largest absolute Gasteiger partial charge is 0.496 e. The lowest BCUT2D eigenvalue weighted by Gasteiger charge is -2.15. The topological polar surface area (TPSA) is 26.3 Å². The van der Waals surface area contributed by atoms with Crippen molar-refractivity contribution in [3.8, 4) is 16.2 Å². The number of carbonyl (C=O) groups is 1. The minimum Gasteiger partial charge on any atom is -0.496 e. The number of carbonyl (C=O) groups excluding carboxylic acids is 1. The fourth-order valence-electron chi connectivity index (χ4n) is 2.26. The van der Waals surface area contributed by atoms with Crippen LogP contribution in [0, 0.1) is 6.92 Å². The van der Waals surface area contributed by atoms with E-state index in [0.29, 0.717) is 5.92 Å². The van der Waals surface area contributed by atoms with Gasteiger partial charge in [-0.15, -0.1) is 11.3 Å². The molecule has 1 heterocycles. The van der Waals surface area contributed by atoms with E-state index in [9.17, 15) is 4.79 Å². The summed E-state index contributed by atoms with van der Waals surface area (Å²) in [5.74, 6) is 1.46. The maximum Gasteiger partial charge on any atom is 0.169 e. The van der Waals surface area contributed by atoms with Crippen molar-refractivity contribution in [3.63, 3.8) is 0 Å². The van der Waals surface area contributed by atoms with Gasteiger partial charge in [0.1, 0.15) is 5.75 Å². The van der Waals surface area contributed by atoms with E-state index >= 15 is 0 Å².